The average molecular weight is 186 g/mol. The van der Waals surface area contributed by atoms with Crippen LogP contribution in [0.3, 0.4) is 0 Å². The van der Waals surface area contributed by atoms with E-state index in [1.807, 2.05) is 12.3 Å². The molecule has 3 rings (SSSR count). The minimum atomic E-state index is 0.559. The van der Waals surface area contributed by atoms with Crippen molar-refractivity contribution in [1.29, 1.82) is 0 Å². The highest BCUT2D eigenvalue weighted by Gasteiger charge is 2.30. The number of nitrogens with one attached hydrogen (secondary N) is 1. The lowest BCUT2D eigenvalue weighted by molar-refractivity contribution is 0.574. The molecule has 2 bridgehead atoms. The number of rotatable bonds is 1. The molecule has 0 aliphatic carbocycles. The highest BCUT2D eigenvalue weighted by molar-refractivity contribution is 5.68. The molecule has 0 radical (unpaired) electrons. The van der Waals surface area contributed by atoms with E-state index in [4.69, 9.17) is 0 Å². The lowest BCUT2D eigenvalue weighted by Crippen LogP contribution is -2.33. The largest absolute Gasteiger partial charge is 0.307 e. The van der Waals surface area contributed by atoms with Gasteiger partial charge in [0.25, 0.3) is 0 Å². The van der Waals surface area contributed by atoms with Crippen LogP contribution in [0, 0.1) is 0 Å². The molecular formula is C12H14N2. The smallest absolute Gasteiger partial charge is 0.0674 e. The monoisotopic (exact) mass is 186 g/mol. The van der Waals surface area contributed by atoms with Gasteiger partial charge >= 0.3 is 0 Å². The number of hydrogen-bond donors (Lipinski definition) is 1. The standard InChI is InChI=1S/C12H14N2/c1-2-8-13-11(3-1)10-6-4-9-5-7-12(10)14-9/h1-3,6,8-9,12,14H,4-5,7H2. The third-order valence-electron chi connectivity index (χ3n) is 3.20. The van der Waals surface area contributed by atoms with Crippen molar-refractivity contribution in [3.63, 3.8) is 0 Å². The van der Waals surface area contributed by atoms with Crippen molar-refractivity contribution < 1.29 is 0 Å². The summed E-state index contributed by atoms with van der Waals surface area (Å²) in [6.45, 7) is 0. The van der Waals surface area contributed by atoms with Crippen molar-refractivity contribution in [2.45, 2.75) is 31.3 Å². The Bertz CT molecular complexity index is 356. The molecule has 2 unspecified atom stereocenters. The Balaban J connectivity index is 1.96. The molecular weight excluding hydrogens is 172 g/mol. The predicted octanol–water partition coefficient (Wildman–Crippen LogP) is 1.99. The lowest BCUT2D eigenvalue weighted by atomic mass is 10.00. The molecule has 2 heteroatoms. The van der Waals surface area contributed by atoms with E-state index >= 15 is 0 Å². The van der Waals surface area contributed by atoms with E-state index in [1.165, 1.54) is 24.8 Å². The van der Waals surface area contributed by atoms with Crippen LogP contribution in [0.1, 0.15) is 25.0 Å². The average Bonchev–Trinajstić information content (AvgIpc) is 2.62. The molecule has 1 fully saturated rings. The molecule has 72 valence electrons. The van der Waals surface area contributed by atoms with Crippen LogP contribution in [-0.4, -0.2) is 17.1 Å². The van der Waals surface area contributed by atoms with Gasteiger partial charge in [-0.1, -0.05) is 12.1 Å². The van der Waals surface area contributed by atoms with Gasteiger partial charge in [0.15, 0.2) is 0 Å². The molecule has 1 aromatic heterocycles. The van der Waals surface area contributed by atoms with Gasteiger partial charge in [-0.2, -0.15) is 0 Å². The summed E-state index contributed by atoms with van der Waals surface area (Å²) in [7, 11) is 0. The zero-order chi connectivity index (χ0) is 9.38. The quantitative estimate of drug-likeness (QED) is 0.725. The van der Waals surface area contributed by atoms with E-state index in [-0.39, 0.29) is 0 Å². The minimum absolute atomic E-state index is 0.559. The Kier molecular flexibility index (Phi) is 1.88. The Hall–Kier alpha value is -1.15. The van der Waals surface area contributed by atoms with Crippen molar-refractivity contribution in [3.05, 3.63) is 36.2 Å². The van der Waals surface area contributed by atoms with Crippen molar-refractivity contribution in [2.75, 3.05) is 0 Å². The van der Waals surface area contributed by atoms with Crippen molar-refractivity contribution in [2.24, 2.45) is 0 Å². The summed E-state index contributed by atoms with van der Waals surface area (Å²) < 4.78 is 0. The highest BCUT2D eigenvalue weighted by Crippen LogP contribution is 2.31. The maximum absolute atomic E-state index is 4.41. The van der Waals surface area contributed by atoms with Gasteiger partial charge in [-0.25, -0.2) is 0 Å². The fourth-order valence-electron chi connectivity index (χ4n) is 2.48. The molecule has 3 heterocycles. The number of nitrogens with zero attached hydrogens (tertiary/aromatic N) is 1. The van der Waals surface area contributed by atoms with Crippen molar-refractivity contribution in [3.8, 4) is 0 Å². The van der Waals surface area contributed by atoms with Crippen LogP contribution in [0.25, 0.3) is 5.57 Å². The lowest BCUT2D eigenvalue weighted by Gasteiger charge is -2.21. The molecule has 0 saturated carbocycles. The van der Waals surface area contributed by atoms with E-state index in [9.17, 15) is 0 Å². The maximum Gasteiger partial charge on any atom is 0.0674 e. The molecule has 0 amide bonds. The Morgan fingerprint density at radius 1 is 1.29 bits per heavy atom. The van der Waals surface area contributed by atoms with Gasteiger partial charge in [-0.15, -0.1) is 0 Å². The van der Waals surface area contributed by atoms with Gasteiger partial charge in [-0.3, -0.25) is 4.98 Å². The number of aromatic nitrogens is 1. The second-order valence-corrected chi connectivity index (χ2v) is 4.10. The van der Waals surface area contributed by atoms with Crippen LogP contribution in [-0.2, 0) is 0 Å². The summed E-state index contributed by atoms with van der Waals surface area (Å²) >= 11 is 0. The summed E-state index contributed by atoms with van der Waals surface area (Å²) in [5.74, 6) is 0. The van der Waals surface area contributed by atoms with Gasteiger partial charge in [0.2, 0.25) is 0 Å². The van der Waals surface area contributed by atoms with Crippen LogP contribution in [0.15, 0.2) is 30.5 Å². The fraction of sp³-hybridized carbons (Fsp3) is 0.417. The Labute approximate surface area is 84.1 Å². The number of fused-ring (bicyclic) bond motifs is 2. The molecule has 1 aromatic rings. The second-order valence-electron chi connectivity index (χ2n) is 4.10. The molecule has 2 aliphatic rings. The zero-order valence-electron chi connectivity index (χ0n) is 8.11. The molecule has 2 aliphatic heterocycles. The summed E-state index contributed by atoms with van der Waals surface area (Å²) in [6.07, 6.45) is 7.99. The van der Waals surface area contributed by atoms with Gasteiger partial charge < -0.3 is 5.32 Å². The second kappa shape index (κ2) is 3.21. The van der Waals surface area contributed by atoms with Crippen LogP contribution in [0.4, 0.5) is 0 Å². The summed E-state index contributed by atoms with van der Waals surface area (Å²) in [6, 6.07) is 7.42. The van der Waals surface area contributed by atoms with E-state index < -0.39 is 0 Å². The van der Waals surface area contributed by atoms with Crippen LogP contribution in [0.2, 0.25) is 0 Å². The third kappa shape index (κ3) is 1.26. The van der Waals surface area contributed by atoms with Crippen molar-refractivity contribution in [1.82, 2.24) is 10.3 Å². The Morgan fingerprint density at radius 2 is 2.29 bits per heavy atom. The Morgan fingerprint density at radius 3 is 3.14 bits per heavy atom. The predicted molar refractivity (Wildman–Crippen MR) is 56.8 cm³/mol. The minimum Gasteiger partial charge on any atom is -0.307 e. The van der Waals surface area contributed by atoms with Gasteiger partial charge in [-0.05, 0) is 37.0 Å². The highest BCUT2D eigenvalue weighted by atomic mass is 15.0. The molecule has 2 atom stereocenters. The molecule has 0 aromatic carbocycles. The van der Waals surface area contributed by atoms with Crippen molar-refractivity contribution >= 4 is 5.57 Å². The molecule has 14 heavy (non-hydrogen) atoms. The van der Waals surface area contributed by atoms with E-state index in [2.05, 4.69) is 28.5 Å². The van der Waals surface area contributed by atoms with E-state index in [1.54, 1.807) is 0 Å². The van der Waals surface area contributed by atoms with Gasteiger partial charge in [0.1, 0.15) is 0 Å². The molecule has 0 spiro atoms. The molecule has 2 nitrogen and oxygen atoms in total. The third-order valence-corrected chi connectivity index (χ3v) is 3.20. The van der Waals surface area contributed by atoms with Crippen LogP contribution >= 0.6 is 0 Å². The normalized spacial score (nSPS) is 30.1. The SMILES string of the molecule is C1=C(c2ccccn2)C2CCC(C1)N2. The fourth-order valence-corrected chi connectivity index (χ4v) is 2.48. The number of hydrogen-bond acceptors (Lipinski definition) is 2. The first-order chi connectivity index (χ1) is 6.93. The molecule has 1 N–H and O–H groups in total. The van der Waals surface area contributed by atoms with Crippen LogP contribution in [0.5, 0.6) is 0 Å². The first-order valence-corrected chi connectivity index (χ1v) is 5.31. The first kappa shape index (κ1) is 8.18. The topological polar surface area (TPSA) is 24.9 Å². The van der Waals surface area contributed by atoms with Gasteiger partial charge in [0, 0.05) is 18.3 Å². The summed E-state index contributed by atoms with van der Waals surface area (Å²) in [5.41, 5.74) is 2.55. The molecule has 1 saturated heterocycles. The summed E-state index contributed by atoms with van der Waals surface area (Å²) in [4.78, 5) is 4.41. The van der Waals surface area contributed by atoms with Gasteiger partial charge in [0.05, 0.1) is 5.69 Å². The zero-order valence-corrected chi connectivity index (χ0v) is 8.11. The number of pyridine rings is 1. The first-order valence-electron chi connectivity index (χ1n) is 5.31. The summed E-state index contributed by atoms with van der Waals surface area (Å²) in [5, 5.41) is 3.63. The van der Waals surface area contributed by atoms with Crippen LogP contribution < -0.4 is 5.32 Å². The van der Waals surface area contributed by atoms with E-state index in [0.717, 1.165) is 11.7 Å². The maximum atomic E-state index is 4.41. The van der Waals surface area contributed by atoms with E-state index in [0.29, 0.717) is 6.04 Å².